The smallest absolute Gasteiger partial charge is 0.250 e. The molecule has 0 atom stereocenters. The lowest BCUT2D eigenvalue weighted by molar-refractivity contribution is 0.491. The third-order valence-electron chi connectivity index (χ3n) is 3.46. The number of halogens is 1. The Hall–Kier alpha value is -0.0331. The van der Waals surface area contributed by atoms with Crippen LogP contribution in [-0.2, 0) is 6.42 Å². The van der Waals surface area contributed by atoms with E-state index in [1.165, 1.54) is 5.56 Å². The molecule has 0 aliphatic heterocycles. The molecule has 1 rings (SSSR count). The lowest BCUT2D eigenvalue weighted by Gasteiger charge is -2.36. The molecule has 0 heterocycles. The average Bonchev–Trinajstić information content (AvgIpc) is 2.16. The van der Waals surface area contributed by atoms with E-state index in [1.54, 1.807) is 0 Å². The fourth-order valence-corrected chi connectivity index (χ4v) is 2.97. The van der Waals surface area contributed by atoms with Crippen LogP contribution < -0.4 is 4.43 Å². The average molecular weight is 362 g/mol. The van der Waals surface area contributed by atoms with Gasteiger partial charge in [-0.1, -0.05) is 55.5 Å². The summed E-state index contributed by atoms with van der Waals surface area (Å²) < 4.78 is 7.44. The molecule has 0 fully saturated rings. The van der Waals surface area contributed by atoms with Gasteiger partial charge in [0.05, 0.1) is 0 Å². The fourth-order valence-electron chi connectivity index (χ4n) is 1.32. The van der Waals surface area contributed by atoms with Gasteiger partial charge in [0.2, 0.25) is 8.32 Å². The SMILES string of the molecule is CC(C)(C)[Si](C)(C)Oc1cccc(CCI)c1. The van der Waals surface area contributed by atoms with Crippen LogP contribution >= 0.6 is 22.6 Å². The van der Waals surface area contributed by atoms with Crippen molar-refractivity contribution in [2.75, 3.05) is 4.43 Å². The molecular formula is C14H23IOSi. The molecule has 1 nitrogen and oxygen atoms in total. The van der Waals surface area contributed by atoms with Crippen molar-refractivity contribution in [1.82, 2.24) is 0 Å². The Morgan fingerprint density at radius 1 is 1.24 bits per heavy atom. The summed E-state index contributed by atoms with van der Waals surface area (Å²) in [5, 5.41) is 0.256. The van der Waals surface area contributed by atoms with Crippen LogP contribution in [0.25, 0.3) is 0 Å². The van der Waals surface area contributed by atoms with Gasteiger partial charge in [0.1, 0.15) is 5.75 Å². The second-order valence-corrected chi connectivity index (χ2v) is 11.8. The molecule has 0 aromatic heterocycles. The number of benzene rings is 1. The highest BCUT2D eigenvalue weighted by atomic mass is 127. The van der Waals surface area contributed by atoms with Gasteiger partial charge in [-0.25, -0.2) is 0 Å². The van der Waals surface area contributed by atoms with Crippen molar-refractivity contribution in [2.24, 2.45) is 0 Å². The lowest BCUT2D eigenvalue weighted by atomic mass is 10.2. The number of alkyl halides is 1. The van der Waals surface area contributed by atoms with Crippen LogP contribution in [0.15, 0.2) is 24.3 Å². The molecule has 0 spiro atoms. The van der Waals surface area contributed by atoms with Crippen molar-refractivity contribution in [3.05, 3.63) is 29.8 Å². The molecule has 0 aliphatic carbocycles. The molecule has 1 aromatic carbocycles. The van der Waals surface area contributed by atoms with Crippen molar-refractivity contribution in [3.63, 3.8) is 0 Å². The van der Waals surface area contributed by atoms with Crippen molar-refractivity contribution in [3.8, 4) is 5.75 Å². The molecule has 0 unspecified atom stereocenters. The summed E-state index contributed by atoms with van der Waals surface area (Å²) in [6.45, 7) is 11.4. The van der Waals surface area contributed by atoms with Gasteiger partial charge < -0.3 is 4.43 Å². The van der Waals surface area contributed by atoms with E-state index in [4.69, 9.17) is 4.43 Å². The van der Waals surface area contributed by atoms with E-state index in [2.05, 4.69) is 80.7 Å². The maximum atomic E-state index is 6.29. The maximum Gasteiger partial charge on any atom is 0.250 e. The molecule has 0 amide bonds. The predicted molar refractivity (Wildman–Crippen MR) is 86.9 cm³/mol. The van der Waals surface area contributed by atoms with E-state index in [9.17, 15) is 0 Å². The number of rotatable bonds is 4. The van der Waals surface area contributed by atoms with Gasteiger partial charge >= 0.3 is 0 Å². The first-order valence-corrected chi connectivity index (χ1v) is 10.5. The Labute approximate surface area is 120 Å². The monoisotopic (exact) mass is 362 g/mol. The Morgan fingerprint density at radius 2 is 1.88 bits per heavy atom. The third-order valence-corrected chi connectivity index (χ3v) is 8.36. The molecule has 0 saturated heterocycles. The van der Waals surface area contributed by atoms with E-state index >= 15 is 0 Å². The largest absolute Gasteiger partial charge is 0.543 e. The van der Waals surface area contributed by atoms with Gasteiger partial charge in [0, 0.05) is 4.43 Å². The second-order valence-electron chi connectivity index (χ2n) is 5.95. The Bertz CT molecular complexity index is 369. The summed E-state index contributed by atoms with van der Waals surface area (Å²) in [5.74, 6) is 1.04. The lowest BCUT2D eigenvalue weighted by Crippen LogP contribution is -2.43. The summed E-state index contributed by atoms with van der Waals surface area (Å²) in [4.78, 5) is 0. The van der Waals surface area contributed by atoms with Crippen LogP contribution in [0.3, 0.4) is 0 Å². The highest BCUT2D eigenvalue weighted by molar-refractivity contribution is 14.1. The molecule has 0 aliphatic rings. The van der Waals surface area contributed by atoms with Crippen LogP contribution in [0.5, 0.6) is 5.75 Å². The Morgan fingerprint density at radius 3 is 2.41 bits per heavy atom. The zero-order valence-corrected chi connectivity index (χ0v) is 14.7. The van der Waals surface area contributed by atoms with Gasteiger partial charge in [-0.05, 0) is 42.2 Å². The first kappa shape index (κ1) is 15.0. The van der Waals surface area contributed by atoms with Crippen LogP contribution in [0, 0.1) is 0 Å². The molecule has 1 aromatic rings. The number of hydrogen-bond acceptors (Lipinski definition) is 1. The fraction of sp³-hybridized carbons (Fsp3) is 0.571. The standard InChI is InChI=1S/C14H23IOSi/c1-14(2,3)17(4,5)16-13-8-6-7-12(11-13)9-10-15/h6-8,11H,9-10H2,1-5H3. The first-order valence-electron chi connectivity index (χ1n) is 6.10. The van der Waals surface area contributed by atoms with Crippen LogP contribution in [0.4, 0.5) is 0 Å². The van der Waals surface area contributed by atoms with Gasteiger partial charge in [-0.2, -0.15) is 0 Å². The normalized spacial score (nSPS) is 12.6. The number of hydrogen-bond donors (Lipinski definition) is 0. The van der Waals surface area contributed by atoms with Crippen molar-refractivity contribution in [1.29, 1.82) is 0 Å². The Kier molecular flexibility index (Phi) is 5.07. The molecule has 3 heteroatoms. The van der Waals surface area contributed by atoms with Gasteiger partial charge in [-0.15, -0.1) is 0 Å². The van der Waals surface area contributed by atoms with Crippen molar-refractivity contribution >= 4 is 30.9 Å². The van der Waals surface area contributed by atoms with Gasteiger partial charge in [0.25, 0.3) is 0 Å². The zero-order valence-electron chi connectivity index (χ0n) is 11.5. The van der Waals surface area contributed by atoms with Crippen molar-refractivity contribution in [2.45, 2.75) is 45.3 Å². The van der Waals surface area contributed by atoms with E-state index in [0.717, 1.165) is 16.6 Å². The summed E-state index contributed by atoms with van der Waals surface area (Å²) >= 11 is 2.41. The topological polar surface area (TPSA) is 9.23 Å². The van der Waals surface area contributed by atoms with Crippen LogP contribution in [0.1, 0.15) is 26.3 Å². The van der Waals surface area contributed by atoms with E-state index in [-0.39, 0.29) is 5.04 Å². The van der Waals surface area contributed by atoms with Crippen LogP contribution in [-0.4, -0.2) is 12.7 Å². The molecule has 17 heavy (non-hydrogen) atoms. The quantitative estimate of drug-likeness (QED) is 0.414. The summed E-state index contributed by atoms with van der Waals surface area (Å²) in [5.41, 5.74) is 1.37. The number of aryl methyl sites for hydroxylation is 1. The molecular weight excluding hydrogens is 339 g/mol. The van der Waals surface area contributed by atoms with Gasteiger partial charge in [0.15, 0.2) is 0 Å². The third kappa shape index (κ3) is 4.28. The van der Waals surface area contributed by atoms with Crippen molar-refractivity contribution < 1.29 is 4.43 Å². The summed E-state index contributed by atoms with van der Waals surface area (Å²) in [6, 6.07) is 8.55. The molecule has 0 N–H and O–H groups in total. The second kappa shape index (κ2) is 5.74. The highest BCUT2D eigenvalue weighted by Gasteiger charge is 2.38. The molecule has 0 saturated carbocycles. The highest BCUT2D eigenvalue weighted by Crippen LogP contribution is 2.37. The zero-order chi connectivity index (χ0) is 13.1. The molecule has 96 valence electrons. The van der Waals surface area contributed by atoms with E-state index < -0.39 is 8.32 Å². The Balaban J connectivity index is 2.84. The minimum Gasteiger partial charge on any atom is -0.543 e. The minimum absolute atomic E-state index is 0.256. The maximum absolute atomic E-state index is 6.29. The van der Waals surface area contributed by atoms with E-state index in [1.807, 2.05) is 0 Å². The minimum atomic E-state index is -1.69. The van der Waals surface area contributed by atoms with Gasteiger partial charge in [-0.3, -0.25) is 0 Å². The summed E-state index contributed by atoms with van der Waals surface area (Å²) in [7, 11) is -1.69. The summed E-state index contributed by atoms with van der Waals surface area (Å²) in [6.07, 6.45) is 1.12. The van der Waals surface area contributed by atoms with E-state index in [0.29, 0.717) is 0 Å². The van der Waals surface area contributed by atoms with Crippen LogP contribution in [0.2, 0.25) is 18.1 Å². The predicted octanol–water partition coefficient (Wildman–Crippen LogP) is 5.05. The molecule has 0 bridgehead atoms. The first-order chi connectivity index (χ1) is 7.76. The molecule has 0 radical (unpaired) electrons.